The number of thiocarbonyl (C=S) groups is 1. The van der Waals surface area contributed by atoms with Crippen LogP contribution >= 0.6 is 23.8 Å². The average Bonchev–Trinajstić information content (AvgIpc) is 2.62. The van der Waals surface area contributed by atoms with E-state index in [1.54, 1.807) is 19.2 Å². The van der Waals surface area contributed by atoms with Gasteiger partial charge in [-0.2, -0.15) is 0 Å². The molecule has 0 aliphatic rings. The van der Waals surface area contributed by atoms with Crippen LogP contribution in [0.15, 0.2) is 42.5 Å². The van der Waals surface area contributed by atoms with E-state index in [2.05, 4.69) is 21.5 Å². The smallest absolute Gasteiger partial charge is 0.257 e. The molecule has 0 aromatic heterocycles. The zero-order chi connectivity index (χ0) is 18.2. The lowest BCUT2D eigenvalue weighted by atomic mass is 10.2. The molecule has 25 heavy (non-hydrogen) atoms. The fourth-order valence-electron chi connectivity index (χ4n) is 1.98. The van der Waals surface area contributed by atoms with Crippen LogP contribution in [0.3, 0.4) is 0 Å². The number of hydrogen-bond donors (Lipinski definition) is 4. The van der Waals surface area contributed by atoms with E-state index in [0.29, 0.717) is 10.8 Å². The molecule has 4 N–H and O–H groups in total. The normalized spacial score (nSPS) is 9.88. The first kappa shape index (κ1) is 18.8. The monoisotopic (exact) mass is 378 g/mol. The van der Waals surface area contributed by atoms with Gasteiger partial charge in [-0.3, -0.25) is 15.6 Å². The van der Waals surface area contributed by atoms with Crippen molar-refractivity contribution in [3.05, 3.63) is 53.1 Å². The number of ether oxygens (including phenoxy) is 1. The lowest BCUT2D eigenvalue weighted by Crippen LogP contribution is -2.45. The molecule has 132 valence electrons. The topological polar surface area (TPSA) is 74.4 Å². The summed E-state index contributed by atoms with van der Waals surface area (Å²) in [6.45, 7) is 1.96. The fourth-order valence-corrected chi connectivity index (χ4v) is 2.32. The second-order valence-electron chi connectivity index (χ2n) is 5.13. The van der Waals surface area contributed by atoms with E-state index >= 15 is 0 Å². The number of halogens is 1. The van der Waals surface area contributed by atoms with Gasteiger partial charge in [0.05, 0.1) is 13.7 Å². The highest BCUT2D eigenvalue weighted by Crippen LogP contribution is 2.22. The number of hydrogen-bond acceptors (Lipinski definition) is 4. The first-order valence-electron chi connectivity index (χ1n) is 7.48. The number of carbonyl (C=O) groups excluding carboxylic acids is 1. The fraction of sp³-hybridized carbons (Fsp3) is 0.176. The second kappa shape index (κ2) is 9.10. The van der Waals surface area contributed by atoms with Crippen LogP contribution in [0.4, 0.5) is 11.4 Å². The zero-order valence-corrected chi connectivity index (χ0v) is 15.4. The summed E-state index contributed by atoms with van der Waals surface area (Å²) in [4.78, 5) is 11.9. The Hall–Kier alpha value is -2.51. The van der Waals surface area contributed by atoms with Gasteiger partial charge in [-0.05, 0) is 49.0 Å². The van der Waals surface area contributed by atoms with E-state index < -0.39 is 0 Å². The molecule has 2 rings (SSSR count). The highest BCUT2D eigenvalue weighted by molar-refractivity contribution is 7.80. The molecule has 0 saturated carbocycles. The minimum atomic E-state index is -0.269. The number of carbonyl (C=O) groups is 1. The quantitative estimate of drug-likeness (QED) is 0.473. The molecular weight excluding hydrogens is 360 g/mol. The van der Waals surface area contributed by atoms with Gasteiger partial charge in [0.15, 0.2) is 5.11 Å². The molecule has 8 heteroatoms. The third-order valence-corrected chi connectivity index (χ3v) is 3.97. The number of nitrogens with one attached hydrogen (secondary N) is 4. The van der Waals surface area contributed by atoms with Crippen LogP contribution in [0.5, 0.6) is 5.75 Å². The number of benzene rings is 2. The van der Waals surface area contributed by atoms with Crippen LogP contribution in [-0.2, 0) is 4.79 Å². The van der Waals surface area contributed by atoms with E-state index in [1.165, 1.54) is 0 Å². The van der Waals surface area contributed by atoms with Crippen molar-refractivity contribution in [3.63, 3.8) is 0 Å². The summed E-state index contributed by atoms with van der Waals surface area (Å²) in [6.07, 6.45) is 0. The predicted octanol–water partition coefficient (Wildman–Crippen LogP) is 3.09. The maximum atomic E-state index is 11.9. The van der Waals surface area contributed by atoms with E-state index in [-0.39, 0.29) is 17.6 Å². The van der Waals surface area contributed by atoms with Crippen molar-refractivity contribution in [3.8, 4) is 5.75 Å². The Kier molecular flexibility index (Phi) is 6.85. The van der Waals surface area contributed by atoms with Gasteiger partial charge in [0, 0.05) is 22.5 Å². The first-order valence-corrected chi connectivity index (χ1v) is 8.27. The number of methoxy groups -OCH3 is 1. The van der Waals surface area contributed by atoms with Crippen LogP contribution in [0.2, 0.25) is 5.02 Å². The molecule has 0 atom stereocenters. The molecule has 0 saturated heterocycles. The van der Waals surface area contributed by atoms with Crippen molar-refractivity contribution in [1.82, 2.24) is 10.9 Å². The van der Waals surface area contributed by atoms with E-state index in [1.807, 2.05) is 37.3 Å². The summed E-state index contributed by atoms with van der Waals surface area (Å²) in [6, 6.07) is 12.8. The van der Waals surface area contributed by atoms with E-state index in [4.69, 9.17) is 28.6 Å². The van der Waals surface area contributed by atoms with Crippen LogP contribution in [0.1, 0.15) is 5.56 Å². The van der Waals surface area contributed by atoms with Gasteiger partial charge >= 0.3 is 0 Å². The van der Waals surface area contributed by atoms with Gasteiger partial charge in [-0.15, -0.1) is 0 Å². The highest BCUT2D eigenvalue weighted by Gasteiger charge is 2.06. The molecule has 0 heterocycles. The van der Waals surface area contributed by atoms with Crippen molar-refractivity contribution in [2.45, 2.75) is 6.92 Å². The van der Waals surface area contributed by atoms with E-state index in [9.17, 15) is 4.79 Å². The maximum Gasteiger partial charge on any atom is 0.257 e. The van der Waals surface area contributed by atoms with Gasteiger partial charge in [0.1, 0.15) is 5.75 Å². The summed E-state index contributed by atoms with van der Waals surface area (Å²) in [5.41, 5.74) is 7.59. The molecule has 2 aromatic rings. The molecule has 6 nitrogen and oxygen atoms in total. The molecule has 0 spiro atoms. The van der Waals surface area contributed by atoms with Crippen molar-refractivity contribution < 1.29 is 9.53 Å². The Morgan fingerprint density at radius 1 is 1.20 bits per heavy atom. The molecule has 0 radical (unpaired) electrons. The van der Waals surface area contributed by atoms with Gasteiger partial charge in [0.25, 0.3) is 5.91 Å². The Morgan fingerprint density at radius 2 is 1.96 bits per heavy atom. The SMILES string of the molecule is COc1cccc(NCC(=O)NNC(=S)Nc2cccc(Cl)c2C)c1. The van der Waals surface area contributed by atoms with E-state index in [0.717, 1.165) is 16.9 Å². The summed E-state index contributed by atoms with van der Waals surface area (Å²) in [5.74, 6) is 0.445. The van der Waals surface area contributed by atoms with Gasteiger partial charge in [-0.25, -0.2) is 0 Å². The Balaban J connectivity index is 1.77. The molecule has 2 aromatic carbocycles. The number of amides is 1. The highest BCUT2D eigenvalue weighted by atomic mass is 35.5. The van der Waals surface area contributed by atoms with Gasteiger partial charge in [-0.1, -0.05) is 23.7 Å². The number of hydrazine groups is 1. The van der Waals surface area contributed by atoms with Gasteiger partial charge < -0.3 is 15.4 Å². The molecule has 1 amide bonds. The number of rotatable bonds is 5. The zero-order valence-electron chi connectivity index (χ0n) is 13.9. The molecule has 0 bridgehead atoms. The maximum absolute atomic E-state index is 11.9. The van der Waals surface area contributed by atoms with Crippen molar-refractivity contribution >= 4 is 46.2 Å². The van der Waals surface area contributed by atoms with Crippen LogP contribution in [0.25, 0.3) is 0 Å². The van der Waals surface area contributed by atoms with Crippen molar-refractivity contribution in [2.75, 3.05) is 24.3 Å². The van der Waals surface area contributed by atoms with Crippen LogP contribution in [-0.4, -0.2) is 24.7 Å². The predicted molar refractivity (Wildman–Crippen MR) is 105 cm³/mol. The van der Waals surface area contributed by atoms with Crippen molar-refractivity contribution in [1.29, 1.82) is 0 Å². The summed E-state index contributed by atoms with van der Waals surface area (Å²) >= 11 is 11.2. The summed E-state index contributed by atoms with van der Waals surface area (Å²) in [5, 5.41) is 6.88. The Bertz CT molecular complexity index is 770. The van der Waals surface area contributed by atoms with Crippen LogP contribution in [0, 0.1) is 6.92 Å². The lowest BCUT2D eigenvalue weighted by Gasteiger charge is -2.14. The number of anilines is 2. The summed E-state index contributed by atoms with van der Waals surface area (Å²) < 4.78 is 5.13. The lowest BCUT2D eigenvalue weighted by molar-refractivity contribution is -0.119. The molecule has 0 aliphatic carbocycles. The Morgan fingerprint density at radius 3 is 2.72 bits per heavy atom. The minimum absolute atomic E-state index is 0.0823. The van der Waals surface area contributed by atoms with Crippen molar-refractivity contribution in [2.24, 2.45) is 0 Å². The second-order valence-corrected chi connectivity index (χ2v) is 5.94. The summed E-state index contributed by atoms with van der Waals surface area (Å²) in [7, 11) is 1.59. The third-order valence-electron chi connectivity index (χ3n) is 3.35. The standard InChI is InChI=1S/C17H19ClN4O2S/c1-11-14(18)7-4-8-15(11)20-17(25)22-21-16(23)10-19-12-5-3-6-13(9-12)24-2/h3-9,19H,10H2,1-2H3,(H,21,23)(H2,20,22,25). The minimum Gasteiger partial charge on any atom is -0.497 e. The molecule has 0 aliphatic heterocycles. The average molecular weight is 379 g/mol. The van der Waals surface area contributed by atoms with Gasteiger partial charge in [0.2, 0.25) is 0 Å². The Labute approximate surface area is 156 Å². The van der Waals surface area contributed by atoms with Crippen LogP contribution < -0.4 is 26.2 Å². The molecular formula is C17H19ClN4O2S. The molecule has 0 fully saturated rings. The first-order chi connectivity index (χ1) is 12.0. The third kappa shape index (κ3) is 5.81. The molecule has 0 unspecified atom stereocenters. The largest absolute Gasteiger partial charge is 0.497 e.